The van der Waals surface area contributed by atoms with E-state index < -0.39 is 9.84 Å². The smallest absolute Gasteiger partial charge is 0.202 e. The topological polar surface area (TPSA) is 91.8 Å². The molecule has 3 heterocycles. The van der Waals surface area contributed by atoms with E-state index in [9.17, 15) is 8.42 Å². The monoisotopic (exact) mass is 399 g/mol. The van der Waals surface area contributed by atoms with Gasteiger partial charge in [-0.2, -0.15) is 5.10 Å². The molecule has 0 atom stereocenters. The summed E-state index contributed by atoms with van der Waals surface area (Å²) in [5, 5.41) is 7.32. The predicted octanol–water partition coefficient (Wildman–Crippen LogP) is 3.44. The third kappa shape index (κ3) is 3.48. The second kappa shape index (κ2) is 6.84. The maximum Gasteiger partial charge on any atom is 0.202 e. The van der Waals surface area contributed by atoms with E-state index in [1.807, 2.05) is 0 Å². The first-order chi connectivity index (χ1) is 13.3. The highest BCUT2D eigenvalue weighted by Gasteiger charge is 2.29. The van der Waals surface area contributed by atoms with E-state index in [-0.39, 0.29) is 4.90 Å². The van der Waals surface area contributed by atoms with Gasteiger partial charge in [0.25, 0.3) is 0 Å². The molecule has 1 fully saturated rings. The van der Waals surface area contributed by atoms with Gasteiger partial charge in [0.05, 0.1) is 16.8 Å². The number of hydrogen-bond donors (Lipinski definition) is 1. The van der Waals surface area contributed by atoms with E-state index in [2.05, 4.69) is 33.9 Å². The number of H-pyrrole nitrogens is 1. The third-order valence-corrected chi connectivity index (χ3v) is 7.10. The number of hydrogen-bond acceptors (Lipinski definition) is 6. The number of rotatable bonds is 4. The van der Waals surface area contributed by atoms with Crippen LogP contribution in [0.25, 0.3) is 22.4 Å². The van der Waals surface area contributed by atoms with Gasteiger partial charge in [0, 0.05) is 24.9 Å². The molecular weight excluding hydrogens is 374 g/mol. The van der Waals surface area contributed by atoms with Crippen molar-refractivity contribution in [2.75, 3.05) is 24.2 Å². The number of benzene rings is 1. The number of sulfone groups is 1. The fourth-order valence-corrected chi connectivity index (χ4v) is 4.27. The van der Waals surface area contributed by atoms with Crippen LogP contribution in [0.3, 0.4) is 0 Å². The van der Waals surface area contributed by atoms with Gasteiger partial charge in [-0.15, -0.1) is 0 Å². The minimum Gasteiger partial charge on any atom is -0.355 e. The Balaban J connectivity index is 1.60. The van der Waals surface area contributed by atoms with Crippen LogP contribution >= 0.6 is 0 Å². The lowest BCUT2D eigenvalue weighted by Gasteiger charge is -2.39. The van der Waals surface area contributed by atoms with Gasteiger partial charge in [-0.3, -0.25) is 5.10 Å². The zero-order valence-corrected chi connectivity index (χ0v) is 17.3. The largest absolute Gasteiger partial charge is 0.355 e. The van der Waals surface area contributed by atoms with E-state index in [4.69, 9.17) is 4.98 Å². The highest BCUT2D eigenvalue weighted by Crippen LogP contribution is 2.35. The van der Waals surface area contributed by atoms with Crippen LogP contribution in [0.15, 0.2) is 35.4 Å². The molecule has 0 saturated carbocycles. The molecule has 4 rings (SSSR count). The van der Waals surface area contributed by atoms with Crippen LogP contribution in [-0.4, -0.2) is 47.9 Å². The van der Waals surface area contributed by atoms with Crippen molar-refractivity contribution in [2.24, 2.45) is 5.41 Å². The number of nitrogens with zero attached hydrogens (tertiary/aromatic N) is 4. The number of aromatic amines is 1. The molecule has 0 aliphatic carbocycles. The van der Waals surface area contributed by atoms with E-state index >= 15 is 0 Å². The summed E-state index contributed by atoms with van der Waals surface area (Å²) in [4.78, 5) is 11.9. The van der Waals surface area contributed by atoms with Crippen molar-refractivity contribution in [3.05, 3.63) is 30.5 Å². The number of anilines is 1. The Hall–Kier alpha value is -2.48. The molecule has 7 nitrogen and oxygen atoms in total. The molecule has 0 spiro atoms. The van der Waals surface area contributed by atoms with Gasteiger partial charge in [0.1, 0.15) is 11.3 Å². The molecule has 1 N–H and O–H groups in total. The van der Waals surface area contributed by atoms with Crippen molar-refractivity contribution in [3.8, 4) is 11.3 Å². The fraction of sp³-hybridized carbons (Fsp3) is 0.450. The second-order valence-corrected chi connectivity index (χ2v) is 9.96. The molecule has 148 valence electrons. The first kappa shape index (κ1) is 18.9. The van der Waals surface area contributed by atoms with Crippen molar-refractivity contribution < 1.29 is 8.42 Å². The Morgan fingerprint density at radius 2 is 1.86 bits per heavy atom. The van der Waals surface area contributed by atoms with E-state index in [0.717, 1.165) is 43.0 Å². The van der Waals surface area contributed by atoms with Gasteiger partial charge in [0.15, 0.2) is 9.84 Å². The fourth-order valence-electron chi connectivity index (χ4n) is 3.64. The molecule has 0 radical (unpaired) electrons. The molecule has 1 saturated heterocycles. The number of nitrogens with one attached hydrogen (secondary N) is 1. The van der Waals surface area contributed by atoms with Gasteiger partial charge in [-0.25, -0.2) is 18.4 Å². The lowest BCUT2D eigenvalue weighted by Crippen LogP contribution is -2.38. The lowest BCUT2D eigenvalue weighted by atomic mass is 9.78. The predicted molar refractivity (Wildman–Crippen MR) is 110 cm³/mol. The highest BCUT2D eigenvalue weighted by molar-refractivity contribution is 7.90. The Bertz CT molecular complexity index is 1100. The molecular formula is C20H25N5O2S. The Kier molecular flexibility index (Phi) is 4.61. The standard InChI is InChI=1S/C20H25N5O2S/c1-4-20(2)9-11-25(12-10-20)16-13-21-18-17(23-24-19(18)22-16)14-5-7-15(8-6-14)28(3,26)27/h5-8,13H,4,9-12H2,1-3H3,(H,22,23,24). The van der Waals surface area contributed by atoms with Gasteiger partial charge in [-0.1, -0.05) is 32.4 Å². The molecule has 0 bridgehead atoms. The second-order valence-electron chi connectivity index (χ2n) is 7.95. The Morgan fingerprint density at radius 1 is 1.18 bits per heavy atom. The van der Waals surface area contributed by atoms with Crippen molar-refractivity contribution in [1.29, 1.82) is 0 Å². The Morgan fingerprint density at radius 3 is 2.46 bits per heavy atom. The molecule has 0 amide bonds. The normalized spacial score (nSPS) is 17.2. The van der Waals surface area contributed by atoms with Crippen molar-refractivity contribution >= 4 is 26.8 Å². The summed E-state index contributed by atoms with van der Waals surface area (Å²) in [6, 6.07) is 6.71. The van der Waals surface area contributed by atoms with E-state index in [1.165, 1.54) is 12.7 Å². The van der Waals surface area contributed by atoms with Crippen LogP contribution in [0.5, 0.6) is 0 Å². The minimum atomic E-state index is -3.22. The Labute approximate surface area is 165 Å². The van der Waals surface area contributed by atoms with Crippen LogP contribution in [0.4, 0.5) is 5.82 Å². The molecule has 2 aromatic heterocycles. The summed E-state index contributed by atoms with van der Waals surface area (Å²) in [6.07, 6.45) is 6.51. The van der Waals surface area contributed by atoms with Crippen molar-refractivity contribution in [2.45, 2.75) is 38.0 Å². The van der Waals surface area contributed by atoms with Crippen LogP contribution in [0, 0.1) is 5.41 Å². The van der Waals surface area contributed by atoms with Gasteiger partial charge in [0.2, 0.25) is 5.65 Å². The average molecular weight is 400 g/mol. The molecule has 1 aliphatic rings. The molecule has 8 heteroatoms. The number of piperidine rings is 1. The molecule has 0 unspecified atom stereocenters. The maximum absolute atomic E-state index is 11.6. The summed E-state index contributed by atoms with van der Waals surface area (Å²) in [6.45, 7) is 6.58. The van der Waals surface area contributed by atoms with E-state index in [1.54, 1.807) is 30.5 Å². The van der Waals surface area contributed by atoms with Crippen LogP contribution < -0.4 is 4.90 Å². The molecule has 1 aromatic carbocycles. The summed E-state index contributed by atoms with van der Waals surface area (Å²) in [5.41, 5.74) is 3.25. The third-order valence-electron chi connectivity index (χ3n) is 5.97. The van der Waals surface area contributed by atoms with E-state index in [0.29, 0.717) is 16.6 Å². The SMILES string of the molecule is CCC1(C)CCN(c2cnc3c(-c4ccc(S(C)(=O)=O)cc4)[nH]nc3n2)CC1. The lowest BCUT2D eigenvalue weighted by molar-refractivity contribution is 0.238. The zero-order chi connectivity index (χ0) is 19.9. The summed E-state index contributed by atoms with van der Waals surface area (Å²) < 4.78 is 23.3. The van der Waals surface area contributed by atoms with Crippen LogP contribution in [-0.2, 0) is 9.84 Å². The summed E-state index contributed by atoms with van der Waals surface area (Å²) in [5.74, 6) is 0.858. The maximum atomic E-state index is 11.6. The van der Waals surface area contributed by atoms with Gasteiger partial charge in [-0.05, 0) is 30.4 Å². The molecule has 28 heavy (non-hydrogen) atoms. The number of fused-ring (bicyclic) bond motifs is 1. The number of aromatic nitrogens is 4. The quantitative estimate of drug-likeness (QED) is 0.722. The van der Waals surface area contributed by atoms with Crippen LogP contribution in [0.1, 0.15) is 33.1 Å². The van der Waals surface area contributed by atoms with Gasteiger partial charge < -0.3 is 4.90 Å². The highest BCUT2D eigenvalue weighted by atomic mass is 32.2. The first-order valence-corrected chi connectivity index (χ1v) is 11.4. The summed E-state index contributed by atoms with van der Waals surface area (Å²) in [7, 11) is -3.22. The van der Waals surface area contributed by atoms with Gasteiger partial charge >= 0.3 is 0 Å². The van der Waals surface area contributed by atoms with Crippen LogP contribution in [0.2, 0.25) is 0 Å². The average Bonchev–Trinajstić information content (AvgIpc) is 3.11. The zero-order valence-electron chi connectivity index (χ0n) is 16.4. The first-order valence-electron chi connectivity index (χ1n) is 9.56. The van der Waals surface area contributed by atoms with Crippen molar-refractivity contribution in [1.82, 2.24) is 20.2 Å². The molecule has 1 aliphatic heterocycles. The van der Waals surface area contributed by atoms with Crippen molar-refractivity contribution in [3.63, 3.8) is 0 Å². The molecule has 3 aromatic rings. The summed E-state index contributed by atoms with van der Waals surface area (Å²) >= 11 is 0. The minimum absolute atomic E-state index is 0.289.